The summed E-state index contributed by atoms with van der Waals surface area (Å²) in [6.07, 6.45) is 10.0. The highest BCUT2D eigenvalue weighted by Crippen LogP contribution is 2.36. The maximum atomic E-state index is 4.92. The van der Waals surface area contributed by atoms with Gasteiger partial charge in [0.05, 0.1) is 6.20 Å². The van der Waals surface area contributed by atoms with Gasteiger partial charge in [0, 0.05) is 41.0 Å². The third-order valence-electron chi connectivity index (χ3n) is 6.86. The van der Waals surface area contributed by atoms with Crippen LogP contribution in [0, 0.1) is 6.42 Å². The SMILES string of the molecule is BrC1[CH]CCN(c2ccc(Nc3ncc4nc(Nc5ccccc5)n(C5CCCC5)c4n3)cc2)C1. The van der Waals surface area contributed by atoms with E-state index in [0.717, 1.165) is 60.8 Å². The van der Waals surface area contributed by atoms with E-state index in [0.29, 0.717) is 16.8 Å². The molecule has 0 amide bonds. The fraction of sp³-hybridized carbons (Fsp3) is 0.333. The molecular weight excluding hydrogens is 502 g/mol. The lowest BCUT2D eigenvalue weighted by Gasteiger charge is -2.31. The highest BCUT2D eigenvalue weighted by molar-refractivity contribution is 9.09. The number of nitrogens with zero attached hydrogens (tertiary/aromatic N) is 5. The van der Waals surface area contributed by atoms with Crippen molar-refractivity contribution >= 4 is 56.1 Å². The van der Waals surface area contributed by atoms with Crippen LogP contribution in [0.25, 0.3) is 11.2 Å². The van der Waals surface area contributed by atoms with Crippen LogP contribution >= 0.6 is 15.9 Å². The second kappa shape index (κ2) is 9.85. The van der Waals surface area contributed by atoms with E-state index in [2.05, 4.69) is 83.8 Å². The van der Waals surface area contributed by atoms with E-state index in [4.69, 9.17) is 9.97 Å². The van der Waals surface area contributed by atoms with Crippen LogP contribution in [0.5, 0.6) is 0 Å². The van der Waals surface area contributed by atoms with E-state index in [1.165, 1.54) is 18.5 Å². The van der Waals surface area contributed by atoms with Gasteiger partial charge >= 0.3 is 0 Å². The Bertz CT molecular complexity index is 1280. The number of imidazole rings is 1. The standard InChI is InChI=1S/C27H29BrN7/c28-19-7-6-16-34(18-19)22-14-12-21(13-15-22)30-26-29-17-24-25(33-26)35(23-10-4-5-11-23)27(32-24)31-20-8-2-1-3-9-20/h1-3,7-9,12-15,17,19,23H,4-6,10-11,16,18H2,(H,31,32)(H,29,30,33). The Labute approximate surface area is 214 Å². The minimum absolute atomic E-state index is 0.397. The van der Waals surface area contributed by atoms with Gasteiger partial charge in [-0.15, -0.1) is 0 Å². The first kappa shape index (κ1) is 22.3. The van der Waals surface area contributed by atoms with E-state index in [1.807, 2.05) is 24.4 Å². The molecule has 1 atom stereocenters. The number of nitrogens with one attached hydrogen (secondary N) is 2. The first-order valence-electron chi connectivity index (χ1n) is 12.4. The third kappa shape index (κ3) is 4.85. The maximum absolute atomic E-state index is 4.92. The first-order valence-corrected chi connectivity index (χ1v) is 13.3. The molecule has 7 nitrogen and oxygen atoms in total. The molecule has 6 rings (SSSR count). The second-order valence-corrected chi connectivity index (χ2v) is 10.5. The molecule has 1 saturated carbocycles. The molecule has 0 spiro atoms. The van der Waals surface area contributed by atoms with Crippen LogP contribution in [-0.2, 0) is 0 Å². The van der Waals surface area contributed by atoms with E-state index in [-0.39, 0.29) is 0 Å². The summed E-state index contributed by atoms with van der Waals surface area (Å²) >= 11 is 3.72. The van der Waals surface area contributed by atoms with Gasteiger partial charge in [-0.3, -0.25) is 4.57 Å². The molecule has 2 fully saturated rings. The summed E-state index contributed by atoms with van der Waals surface area (Å²) in [7, 11) is 0. The van der Waals surface area contributed by atoms with Gasteiger partial charge in [-0.25, -0.2) is 9.97 Å². The molecular formula is C27H29BrN7. The van der Waals surface area contributed by atoms with Crippen molar-refractivity contribution in [2.24, 2.45) is 0 Å². The predicted octanol–water partition coefficient (Wildman–Crippen LogP) is 6.61. The number of rotatable bonds is 6. The molecule has 1 aliphatic carbocycles. The van der Waals surface area contributed by atoms with Crippen LogP contribution in [0.2, 0.25) is 0 Å². The highest BCUT2D eigenvalue weighted by Gasteiger charge is 2.24. The fourth-order valence-corrected chi connectivity index (χ4v) is 5.72. The molecule has 179 valence electrons. The van der Waals surface area contributed by atoms with Crippen molar-refractivity contribution in [2.45, 2.75) is 43.0 Å². The molecule has 1 aliphatic heterocycles. The Morgan fingerprint density at radius 3 is 2.43 bits per heavy atom. The molecule has 2 aromatic carbocycles. The average Bonchev–Trinajstić information content (AvgIpc) is 3.52. The molecule has 1 radical (unpaired) electrons. The summed E-state index contributed by atoms with van der Waals surface area (Å²) in [5.41, 5.74) is 4.91. The van der Waals surface area contributed by atoms with Gasteiger partial charge in [-0.2, -0.15) is 4.98 Å². The number of benzene rings is 2. The van der Waals surface area contributed by atoms with Crippen LogP contribution in [0.1, 0.15) is 38.1 Å². The number of alkyl halides is 1. The molecule has 3 heterocycles. The lowest BCUT2D eigenvalue weighted by Crippen LogP contribution is -2.35. The number of hydrogen-bond acceptors (Lipinski definition) is 6. The molecule has 35 heavy (non-hydrogen) atoms. The fourth-order valence-electron chi connectivity index (χ4n) is 5.10. The van der Waals surface area contributed by atoms with E-state index >= 15 is 0 Å². The largest absolute Gasteiger partial charge is 0.370 e. The van der Waals surface area contributed by atoms with Crippen molar-refractivity contribution in [2.75, 3.05) is 28.6 Å². The van der Waals surface area contributed by atoms with Crippen LogP contribution in [-0.4, -0.2) is 37.4 Å². The summed E-state index contributed by atoms with van der Waals surface area (Å²) < 4.78 is 2.27. The van der Waals surface area contributed by atoms with Gasteiger partial charge in [0.25, 0.3) is 0 Å². The van der Waals surface area contributed by atoms with E-state index in [1.54, 1.807) is 0 Å². The zero-order valence-corrected chi connectivity index (χ0v) is 21.2. The Morgan fingerprint density at radius 1 is 0.886 bits per heavy atom. The zero-order valence-electron chi connectivity index (χ0n) is 19.6. The molecule has 2 aromatic heterocycles. The molecule has 8 heteroatoms. The predicted molar refractivity (Wildman–Crippen MR) is 146 cm³/mol. The monoisotopic (exact) mass is 530 g/mol. The highest BCUT2D eigenvalue weighted by atomic mass is 79.9. The number of para-hydroxylation sites is 1. The minimum atomic E-state index is 0.397. The van der Waals surface area contributed by atoms with Gasteiger partial charge in [0.15, 0.2) is 5.65 Å². The minimum Gasteiger partial charge on any atom is -0.370 e. The Kier molecular flexibility index (Phi) is 6.29. The van der Waals surface area contributed by atoms with Gasteiger partial charge in [-0.1, -0.05) is 47.0 Å². The molecule has 1 saturated heterocycles. The van der Waals surface area contributed by atoms with Crippen molar-refractivity contribution in [3.63, 3.8) is 0 Å². The Hall–Kier alpha value is -3.13. The number of hydrogen-bond donors (Lipinski definition) is 2. The second-order valence-electron chi connectivity index (χ2n) is 9.30. The smallest absolute Gasteiger partial charge is 0.229 e. The normalized spacial score (nSPS) is 18.8. The van der Waals surface area contributed by atoms with Crippen molar-refractivity contribution in [1.29, 1.82) is 0 Å². The molecule has 2 N–H and O–H groups in total. The van der Waals surface area contributed by atoms with Crippen LogP contribution in [0.4, 0.5) is 29.0 Å². The summed E-state index contributed by atoms with van der Waals surface area (Å²) in [6.45, 7) is 2.05. The molecule has 2 aliphatic rings. The van der Waals surface area contributed by atoms with Gasteiger partial charge in [0.2, 0.25) is 11.9 Å². The summed E-state index contributed by atoms with van der Waals surface area (Å²) in [5.74, 6) is 1.42. The van der Waals surface area contributed by atoms with Crippen molar-refractivity contribution in [3.8, 4) is 0 Å². The van der Waals surface area contributed by atoms with Crippen LogP contribution in [0.15, 0.2) is 60.8 Å². The third-order valence-corrected chi connectivity index (χ3v) is 7.52. The van der Waals surface area contributed by atoms with E-state index < -0.39 is 0 Å². The van der Waals surface area contributed by atoms with Gasteiger partial charge < -0.3 is 15.5 Å². The molecule has 4 aromatic rings. The van der Waals surface area contributed by atoms with Crippen LogP contribution < -0.4 is 15.5 Å². The topological polar surface area (TPSA) is 70.9 Å². The lowest BCUT2D eigenvalue weighted by molar-refractivity contribution is 0.535. The van der Waals surface area contributed by atoms with Crippen LogP contribution in [0.3, 0.4) is 0 Å². The molecule has 0 bridgehead atoms. The first-order chi connectivity index (χ1) is 17.2. The van der Waals surface area contributed by atoms with Gasteiger partial charge in [0.1, 0.15) is 5.52 Å². The van der Waals surface area contributed by atoms with Crippen molar-refractivity contribution < 1.29 is 0 Å². The summed E-state index contributed by atoms with van der Waals surface area (Å²) in [4.78, 5) is 17.2. The van der Waals surface area contributed by atoms with E-state index in [9.17, 15) is 0 Å². The Morgan fingerprint density at radius 2 is 1.66 bits per heavy atom. The number of aromatic nitrogens is 4. The quantitative estimate of drug-likeness (QED) is 0.273. The van der Waals surface area contributed by atoms with Gasteiger partial charge in [-0.05, 0) is 62.1 Å². The summed E-state index contributed by atoms with van der Waals surface area (Å²) in [5, 5.41) is 6.90. The number of piperidine rings is 1. The summed E-state index contributed by atoms with van der Waals surface area (Å²) in [6, 6.07) is 19.1. The molecule has 1 unspecified atom stereocenters. The number of anilines is 5. The maximum Gasteiger partial charge on any atom is 0.229 e. The number of fused-ring (bicyclic) bond motifs is 1. The van der Waals surface area contributed by atoms with Crippen molar-refractivity contribution in [1.82, 2.24) is 19.5 Å². The zero-order chi connectivity index (χ0) is 23.6. The van der Waals surface area contributed by atoms with Crippen molar-refractivity contribution in [3.05, 3.63) is 67.2 Å². The average molecular weight is 531 g/mol. The lowest BCUT2D eigenvalue weighted by atomic mass is 10.1. The number of halogens is 1. The Balaban J connectivity index is 1.27.